The minimum Gasteiger partial charge on any atom is -0.388 e. The van der Waals surface area contributed by atoms with Gasteiger partial charge in [0.1, 0.15) is 24.1 Å². The molecule has 3 N–H and O–H groups in total. The fraction of sp³-hybridized carbons (Fsp3) is 0.429. The lowest BCUT2D eigenvalue weighted by molar-refractivity contribution is -0.137. The van der Waals surface area contributed by atoms with Crippen LogP contribution in [-0.2, 0) is 23.8 Å². The Labute approximate surface area is 184 Å². The van der Waals surface area contributed by atoms with Crippen LogP contribution in [0.2, 0.25) is 0 Å². The van der Waals surface area contributed by atoms with E-state index in [-0.39, 0.29) is 11.3 Å². The Morgan fingerprint density at radius 2 is 1.76 bits per heavy atom. The summed E-state index contributed by atoms with van der Waals surface area (Å²) in [5.74, 6) is -4.02. The summed E-state index contributed by atoms with van der Waals surface area (Å²) in [6, 6.07) is 0.762. The Kier molecular flexibility index (Phi) is 5.58. The van der Waals surface area contributed by atoms with Crippen molar-refractivity contribution in [3.63, 3.8) is 0 Å². The fourth-order valence-electron chi connectivity index (χ4n) is 4.19. The number of benzene rings is 1. The van der Waals surface area contributed by atoms with Crippen LogP contribution >= 0.6 is 0 Å². The maximum absolute atomic E-state index is 14.6. The lowest BCUT2D eigenvalue weighted by Gasteiger charge is -2.32. The Bertz CT molecular complexity index is 1130. The molecule has 1 aromatic carbocycles. The van der Waals surface area contributed by atoms with E-state index in [1.165, 1.54) is 13.0 Å². The van der Waals surface area contributed by atoms with Crippen LogP contribution in [-0.4, -0.2) is 57.7 Å². The van der Waals surface area contributed by atoms with Gasteiger partial charge in [0.25, 0.3) is 5.91 Å². The van der Waals surface area contributed by atoms with Gasteiger partial charge in [0.2, 0.25) is 0 Å². The molecular weight excluding hydrogens is 453 g/mol. The molecule has 4 atom stereocenters. The van der Waals surface area contributed by atoms with E-state index >= 15 is 0 Å². The number of aliphatic hydroxyl groups excluding tert-OH is 3. The van der Waals surface area contributed by atoms with E-state index in [1.807, 2.05) is 0 Å². The summed E-state index contributed by atoms with van der Waals surface area (Å²) < 4.78 is 68.7. The van der Waals surface area contributed by atoms with Gasteiger partial charge in [0, 0.05) is 12.7 Å². The van der Waals surface area contributed by atoms with Crippen LogP contribution in [0.4, 0.5) is 33.5 Å². The van der Waals surface area contributed by atoms with Crippen LogP contribution in [0, 0.1) is 18.6 Å². The molecule has 0 bridgehead atoms. The molecule has 1 aliphatic carbocycles. The number of aryl methyl sites for hydroxylation is 2. The summed E-state index contributed by atoms with van der Waals surface area (Å²) in [5, 5.41) is 31.0. The van der Waals surface area contributed by atoms with Gasteiger partial charge in [-0.25, -0.2) is 13.8 Å². The topological polar surface area (TPSA) is 97.1 Å². The predicted octanol–water partition coefficient (Wildman–Crippen LogP) is 1.68. The van der Waals surface area contributed by atoms with E-state index in [4.69, 9.17) is 0 Å². The number of hydrogen-bond acceptors (Lipinski definition) is 6. The molecule has 12 heteroatoms. The molecule has 0 radical (unpaired) electrons. The van der Waals surface area contributed by atoms with Gasteiger partial charge >= 0.3 is 6.18 Å². The second-order valence-corrected chi connectivity index (χ2v) is 8.16. The van der Waals surface area contributed by atoms with Gasteiger partial charge in [0.15, 0.2) is 17.9 Å². The highest BCUT2D eigenvalue weighted by molar-refractivity contribution is 6.00. The Morgan fingerprint density at radius 1 is 1.09 bits per heavy atom. The highest BCUT2D eigenvalue weighted by atomic mass is 19.4. The first-order valence-electron chi connectivity index (χ1n) is 9.98. The van der Waals surface area contributed by atoms with Crippen molar-refractivity contribution in [1.29, 1.82) is 0 Å². The number of aliphatic hydroxyl groups is 3. The summed E-state index contributed by atoms with van der Waals surface area (Å²) >= 11 is 0. The Hall–Kier alpha value is -2.83. The smallest absolute Gasteiger partial charge is 0.388 e. The van der Waals surface area contributed by atoms with Gasteiger partial charge in [-0.2, -0.15) is 13.2 Å². The van der Waals surface area contributed by atoms with Crippen molar-refractivity contribution in [2.45, 2.75) is 50.4 Å². The number of carbonyl (C=O) groups is 1. The van der Waals surface area contributed by atoms with Gasteiger partial charge in [-0.05, 0) is 49.1 Å². The van der Waals surface area contributed by atoms with E-state index in [9.17, 15) is 42.1 Å². The molecule has 4 rings (SSSR count). The third-order valence-electron chi connectivity index (χ3n) is 6.07. The molecule has 0 spiro atoms. The van der Waals surface area contributed by atoms with E-state index in [2.05, 4.69) is 4.98 Å². The summed E-state index contributed by atoms with van der Waals surface area (Å²) in [6.07, 6.45) is -9.83. The molecule has 2 aliphatic rings. The molecule has 178 valence electrons. The maximum atomic E-state index is 14.6. The van der Waals surface area contributed by atoms with Crippen molar-refractivity contribution in [3.8, 4) is 0 Å². The summed E-state index contributed by atoms with van der Waals surface area (Å²) in [7, 11) is 1.10. The van der Waals surface area contributed by atoms with E-state index in [0.717, 1.165) is 13.1 Å². The van der Waals surface area contributed by atoms with Crippen LogP contribution in [0.3, 0.4) is 0 Å². The van der Waals surface area contributed by atoms with Crippen LogP contribution in [0.5, 0.6) is 0 Å². The first kappa shape index (κ1) is 23.3. The largest absolute Gasteiger partial charge is 0.416 e. The number of carbonyl (C=O) groups excluding carboxylic acids is 1. The molecule has 2 aromatic rings. The lowest BCUT2D eigenvalue weighted by atomic mass is 9.87. The van der Waals surface area contributed by atoms with Crippen molar-refractivity contribution in [2.24, 2.45) is 0 Å². The molecule has 1 unspecified atom stereocenters. The monoisotopic (exact) mass is 473 g/mol. The highest BCUT2D eigenvalue weighted by Gasteiger charge is 2.52. The van der Waals surface area contributed by atoms with Crippen LogP contribution < -0.4 is 9.80 Å². The van der Waals surface area contributed by atoms with Crippen LogP contribution in [0.25, 0.3) is 0 Å². The fourth-order valence-corrected chi connectivity index (χ4v) is 4.19. The second-order valence-electron chi connectivity index (χ2n) is 8.16. The molecule has 1 amide bonds. The molecule has 1 fully saturated rings. The minimum absolute atomic E-state index is 0.0991. The number of halogens is 5. The van der Waals surface area contributed by atoms with Crippen LogP contribution in [0.15, 0.2) is 18.2 Å². The quantitative estimate of drug-likeness (QED) is 0.587. The summed E-state index contributed by atoms with van der Waals surface area (Å²) in [5.41, 5.74) is -0.954. The molecule has 33 heavy (non-hydrogen) atoms. The number of alkyl halides is 3. The number of aromatic nitrogens is 1. The number of nitrogens with zero attached hydrogens (tertiary/aromatic N) is 3. The number of anilines is 2. The molecule has 2 heterocycles. The van der Waals surface area contributed by atoms with Gasteiger partial charge < -0.3 is 25.1 Å². The zero-order valence-electron chi connectivity index (χ0n) is 17.4. The average molecular weight is 473 g/mol. The highest BCUT2D eigenvalue weighted by Crippen LogP contribution is 2.37. The zero-order chi connectivity index (χ0) is 24.4. The van der Waals surface area contributed by atoms with Gasteiger partial charge in [-0.1, -0.05) is 0 Å². The van der Waals surface area contributed by atoms with Crippen molar-refractivity contribution in [1.82, 2.24) is 4.98 Å². The number of amides is 1. The second kappa shape index (κ2) is 7.89. The Morgan fingerprint density at radius 3 is 2.33 bits per heavy atom. The van der Waals surface area contributed by atoms with Crippen molar-refractivity contribution in [3.05, 3.63) is 52.2 Å². The molecule has 0 saturated carbocycles. The van der Waals surface area contributed by atoms with Crippen molar-refractivity contribution >= 4 is 17.4 Å². The SMILES string of the molecule is Cc1cc(C(F)(F)F)cc(N2C(O)[C@@H](O)[C@@H](O)[C@H]2C(=O)N(C)c2cc3c(c(F)c2F)CC3)n1. The zero-order valence-corrected chi connectivity index (χ0v) is 17.4. The maximum Gasteiger partial charge on any atom is 0.416 e. The normalized spacial score (nSPS) is 24.5. The van der Waals surface area contributed by atoms with Gasteiger partial charge in [-0.3, -0.25) is 4.79 Å². The third kappa shape index (κ3) is 3.71. The summed E-state index contributed by atoms with van der Waals surface area (Å²) in [4.78, 5) is 18.5. The number of fused-ring (bicyclic) bond motifs is 1. The third-order valence-corrected chi connectivity index (χ3v) is 6.07. The first-order chi connectivity index (χ1) is 15.3. The number of pyridine rings is 1. The molecule has 1 aliphatic heterocycles. The number of rotatable bonds is 3. The van der Waals surface area contributed by atoms with E-state index in [0.29, 0.717) is 34.3 Å². The minimum atomic E-state index is -4.77. The van der Waals surface area contributed by atoms with Crippen molar-refractivity contribution < 1.29 is 42.1 Å². The number of likely N-dealkylation sites (N-methyl/N-ethyl adjacent to an activating group) is 1. The number of hydrogen-bond donors (Lipinski definition) is 3. The van der Waals surface area contributed by atoms with Crippen LogP contribution in [0.1, 0.15) is 22.4 Å². The Balaban J connectivity index is 1.76. The molecule has 7 nitrogen and oxygen atoms in total. The summed E-state index contributed by atoms with van der Waals surface area (Å²) in [6.45, 7) is 1.26. The van der Waals surface area contributed by atoms with E-state index < -0.39 is 65.3 Å². The average Bonchev–Trinajstić information content (AvgIpc) is 2.94. The molecule has 1 aromatic heterocycles. The lowest BCUT2D eigenvalue weighted by Crippen LogP contribution is -2.51. The van der Waals surface area contributed by atoms with Crippen molar-refractivity contribution in [2.75, 3.05) is 16.8 Å². The molecule has 1 saturated heterocycles. The first-order valence-corrected chi connectivity index (χ1v) is 9.98. The standard InChI is InChI=1S/C21H20F5N3O4/c1-8-5-10(21(24,25)26)7-13(27-8)29-16(17(30)18(31)20(29)33)19(32)28(2)12-6-9-3-4-11(9)14(22)15(12)23/h5-7,16-18,20,30-31,33H,3-4H2,1-2H3/t16-,17-,18-,20?/m0/s1. The molecular formula is C21H20F5N3O4. The van der Waals surface area contributed by atoms with Gasteiger partial charge in [-0.15, -0.1) is 0 Å². The predicted molar refractivity (Wildman–Crippen MR) is 105 cm³/mol. The van der Waals surface area contributed by atoms with E-state index in [1.54, 1.807) is 0 Å². The van der Waals surface area contributed by atoms with Gasteiger partial charge in [0.05, 0.1) is 11.3 Å².